The molecule has 0 spiro atoms. The average Bonchev–Trinajstić information content (AvgIpc) is 2.33. The average molecular weight is 322 g/mol. The fourth-order valence-corrected chi connectivity index (χ4v) is 3.31. The van der Waals surface area contributed by atoms with Crippen LogP contribution in [-0.4, -0.2) is 20.5 Å². The Labute approximate surface area is 138 Å². The van der Waals surface area contributed by atoms with Crippen LogP contribution in [0.25, 0.3) is 0 Å². The summed E-state index contributed by atoms with van der Waals surface area (Å²) >= 11 is 0. The third-order valence-corrected chi connectivity index (χ3v) is 8.95. The van der Waals surface area contributed by atoms with Gasteiger partial charge in [0.1, 0.15) is 11.9 Å². The molecule has 0 fully saturated rings. The summed E-state index contributed by atoms with van der Waals surface area (Å²) < 4.78 is 12.7. The maximum atomic E-state index is 6.47. The SMILES string of the molecule is [CH2][C@H](O[Si](C)(C)C(C)(C)C)C(Oc1ccccc1)C(C)(C)C. The quantitative estimate of drug-likeness (QED) is 0.647. The third kappa shape index (κ3) is 5.13. The minimum absolute atomic E-state index is 0.0510. The van der Waals surface area contributed by atoms with Crippen LogP contribution in [0.1, 0.15) is 41.5 Å². The van der Waals surface area contributed by atoms with Gasteiger partial charge in [-0.05, 0) is 37.2 Å². The number of para-hydroxylation sites is 1. The molecule has 0 aliphatic heterocycles. The second-order valence-electron chi connectivity index (χ2n) is 8.63. The highest BCUT2D eigenvalue weighted by Gasteiger charge is 2.42. The number of hydrogen-bond donors (Lipinski definition) is 0. The van der Waals surface area contributed by atoms with Gasteiger partial charge in [0.25, 0.3) is 0 Å². The molecule has 0 N–H and O–H groups in total. The molecule has 1 aromatic carbocycles. The first-order valence-electron chi connectivity index (χ1n) is 8.07. The Hall–Kier alpha value is -0.803. The van der Waals surface area contributed by atoms with E-state index in [-0.39, 0.29) is 22.7 Å². The van der Waals surface area contributed by atoms with Crippen molar-refractivity contribution in [1.82, 2.24) is 0 Å². The van der Waals surface area contributed by atoms with Crippen molar-refractivity contribution in [1.29, 1.82) is 0 Å². The zero-order valence-corrected chi connectivity index (χ0v) is 16.6. The highest BCUT2D eigenvalue weighted by atomic mass is 28.4. The first-order valence-corrected chi connectivity index (χ1v) is 11.0. The molecule has 125 valence electrons. The van der Waals surface area contributed by atoms with Crippen LogP contribution in [-0.2, 0) is 4.43 Å². The fourth-order valence-electron chi connectivity index (χ4n) is 2.07. The highest BCUT2D eigenvalue weighted by Crippen LogP contribution is 2.39. The van der Waals surface area contributed by atoms with Crippen molar-refractivity contribution >= 4 is 8.32 Å². The normalized spacial score (nSPS) is 16.2. The van der Waals surface area contributed by atoms with E-state index in [9.17, 15) is 0 Å². The van der Waals surface area contributed by atoms with Crippen LogP contribution in [0.4, 0.5) is 0 Å². The molecule has 0 heterocycles. The molecule has 1 radical (unpaired) electrons. The minimum atomic E-state index is -1.87. The van der Waals surface area contributed by atoms with E-state index in [2.05, 4.69) is 61.6 Å². The molecule has 0 saturated carbocycles. The summed E-state index contributed by atoms with van der Waals surface area (Å²) in [6.07, 6.45) is -0.287. The molecule has 0 aromatic heterocycles. The number of ether oxygens (including phenoxy) is 1. The molecule has 0 aliphatic rings. The van der Waals surface area contributed by atoms with E-state index < -0.39 is 8.32 Å². The number of rotatable bonds is 5. The van der Waals surface area contributed by atoms with Crippen LogP contribution >= 0.6 is 0 Å². The van der Waals surface area contributed by atoms with E-state index in [0.29, 0.717) is 0 Å². The van der Waals surface area contributed by atoms with Gasteiger partial charge >= 0.3 is 0 Å². The van der Waals surface area contributed by atoms with Gasteiger partial charge in [-0.15, -0.1) is 0 Å². The Morgan fingerprint density at radius 1 is 0.955 bits per heavy atom. The van der Waals surface area contributed by atoms with Gasteiger partial charge in [0, 0.05) is 5.41 Å². The van der Waals surface area contributed by atoms with Gasteiger partial charge in [0.2, 0.25) is 0 Å². The predicted molar refractivity (Wildman–Crippen MR) is 97.7 cm³/mol. The lowest BCUT2D eigenvalue weighted by molar-refractivity contribution is 0.000956. The standard InChI is InChI=1S/C19H33O2Si/c1-15(21-22(8,9)19(5,6)7)17(18(2,3)4)20-16-13-11-10-12-14-16/h10-15,17H,1H2,2-9H3/t15-,17?/m0/s1. The maximum Gasteiger partial charge on any atom is 0.192 e. The molecular weight excluding hydrogens is 288 g/mol. The van der Waals surface area contributed by atoms with E-state index in [0.717, 1.165) is 5.75 Å². The number of hydrogen-bond acceptors (Lipinski definition) is 2. The van der Waals surface area contributed by atoms with E-state index in [1.165, 1.54) is 0 Å². The Morgan fingerprint density at radius 2 is 1.45 bits per heavy atom. The van der Waals surface area contributed by atoms with Crippen molar-refractivity contribution in [2.24, 2.45) is 5.41 Å². The van der Waals surface area contributed by atoms with Gasteiger partial charge in [0.15, 0.2) is 8.32 Å². The van der Waals surface area contributed by atoms with Crippen LogP contribution in [0.2, 0.25) is 18.1 Å². The van der Waals surface area contributed by atoms with Gasteiger partial charge in [-0.3, -0.25) is 0 Å². The zero-order valence-electron chi connectivity index (χ0n) is 15.6. The first kappa shape index (κ1) is 19.2. The summed E-state index contributed by atoms with van der Waals surface area (Å²) in [7, 11) is -1.87. The van der Waals surface area contributed by atoms with Crippen molar-refractivity contribution in [3.05, 3.63) is 37.3 Å². The van der Waals surface area contributed by atoms with Crippen molar-refractivity contribution in [3.8, 4) is 5.75 Å². The Morgan fingerprint density at radius 3 is 1.86 bits per heavy atom. The van der Waals surface area contributed by atoms with Gasteiger partial charge in [-0.1, -0.05) is 59.7 Å². The van der Waals surface area contributed by atoms with Crippen molar-refractivity contribution in [3.63, 3.8) is 0 Å². The lowest BCUT2D eigenvalue weighted by Gasteiger charge is -2.43. The lowest BCUT2D eigenvalue weighted by atomic mass is 9.86. The lowest BCUT2D eigenvalue weighted by Crippen LogP contribution is -2.50. The van der Waals surface area contributed by atoms with Crippen LogP contribution < -0.4 is 4.74 Å². The zero-order chi connectivity index (χ0) is 17.2. The van der Waals surface area contributed by atoms with Crippen molar-refractivity contribution < 1.29 is 9.16 Å². The fraction of sp³-hybridized carbons (Fsp3) is 0.632. The second-order valence-corrected chi connectivity index (χ2v) is 13.4. The van der Waals surface area contributed by atoms with Crippen molar-refractivity contribution in [2.45, 2.75) is 71.9 Å². The topological polar surface area (TPSA) is 18.5 Å². The molecule has 0 aliphatic carbocycles. The minimum Gasteiger partial charge on any atom is -0.487 e. The second kappa shape index (κ2) is 6.75. The van der Waals surface area contributed by atoms with Gasteiger partial charge < -0.3 is 9.16 Å². The predicted octanol–water partition coefficient (Wildman–Crippen LogP) is 5.70. The van der Waals surface area contributed by atoms with E-state index in [1.54, 1.807) is 0 Å². The van der Waals surface area contributed by atoms with E-state index in [4.69, 9.17) is 9.16 Å². The molecule has 0 saturated heterocycles. The summed E-state index contributed by atoms with van der Waals surface area (Å²) in [4.78, 5) is 0. The number of benzene rings is 1. The summed E-state index contributed by atoms with van der Waals surface area (Å²) in [5.41, 5.74) is -0.0510. The molecule has 1 aromatic rings. The molecule has 2 atom stereocenters. The van der Waals surface area contributed by atoms with Gasteiger partial charge in [-0.25, -0.2) is 0 Å². The largest absolute Gasteiger partial charge is 0.487 e. The van der Waals surface area contributed by atoms with Crippen LogP contribution in [0.15, 0.2) is 30.3 Å². The molecular formula is C19H33O2Si. The van der Waals surface area contributed by atoms with Gasteiger partial charge in [-0.2, -0.15) is 0 Å². The maximum absolute atomic E-state index is 6.47. The first-order chi connectivity index (χ1) is 9.84. The molecule has 1 rings (SSSR count). The van der Waals surface area contributed by atoms with Crippen LogP contribution in [0.5, 0.6) is 5.75 Å². The molecule has 0 bridgehead atoms. The highest BCUT2D eigenvalue weighted by molar-refractivity contribution is 6.74. The molecule has 0 amide bonds. The Bertz CT molecular complexity index is 455. The molecule has 1 unspecified atom stereocenters. The van der Waals surface area contributed by atoms with Gasteiger partial charge in [0.05, 0.1) is 6.10 Å². The summed E-state index contributed by atoms with van der Waals surface area (Å²) in [5.74, 6) is 0.870. The monoisotopic (exact) mass is 321 g/mol. The van der Waals surface area contributed by atoms with Crippen LogP contribution in [0, 0.1) is 12.3 Å². The molecule has 22 heavy (non-hydrogen) atoms. The van der Waals surface area contributed by atoms with E-state index >= 15 is 0 Å². The van der Waals surface area contributed by atoms with Crippen LogP contribution in [0.3, 0.4) is 0 Å². The van der Waals surface area contributed by atoms with E-state index in [1.807, 2.05) is 30.3 Å². The summed E-state index contributed by atoms with van der Waals surface area (Å²) in [6.45, 7) is 22.1. The molecule has 3 heteroatoms. The Kier molecular flexibility index (Phi) is 5.91. The summed E-state index contributed by atoms with van der Waals surface area (Å²) in [5, 5.41) is 0.165. The third-order valence-electron chi connectivity index (χ3n) is 4.45. The van der Waals surface area contributed by atoms with Crippen molar-refractivity contribution in [2.75, 3.05) is 0 Å². The Balaban J connectivity index is 2.94. The summed E-state index contributed by atoms with van der Waals surface area (Å²) in [6, 6.07) is 9.94. The smallest absolute Gasteiger partial charge is 0.192 e. The molecule has 2 nitrogen and oxygen atoms in total.